The fourth-order valence-corrected chi connectivity index (χ4v) is 2.37. The van der Waals surface area contributed by atoms with Crippen molar-refractivity contribution >= 4 is 5.91 Å². The second kappa shape index (κ2) is 8.25. The van der Waals surface area contributed by atoms with Crippen LogP contribution in [0.3, 0.4) is 0 Å². The van der Waals surface area contributed by atoms with Crippen molar-refractivity contribution in [3.05, 3.63) is 101 Å². The summed E-state index contributed by atoms with van der Waals surface area (Å²) in [7, 11) is 0. The second-order valence-corrected chi connectivity index (χ2v) is 5.72. The smallest absolute Gasteiger partial charge is 0.254 e. The van der Waals surface area contributed by atoms with Crippen molar-refractivity contribution < 1.29 is 18.3 Å². The number of carbonyl (C=O) groups is 1. The Morgan fingerprint density at radius 2 is 1.50 bits per heavy atom. The highest BCUT2D eigenvalue weighted by molar-refractivity contribution is 5.94. The molecule has 1 N–H and O–H groups in total. The zero-order chi connectivity index (χ0) is 18.4. The Labute approximate surface area is 150 Å². The molecule has 0 saturated heterocycles. The molecule has 0 aliphatic rings. The monoisotopic (exact) mass is 353 g/mol. The number of halogens is 2. The molecule has 3 aromatic carbocycles. The molecule has 0 aliphatic heterocycles. The van der Waals surface area contributed by atoms with Crippen molar-refractivity contribution in [2.24, 2.45) is 0 Å². The molecule has 0 fully saturated rings. The minimum Gasteiger partial charge on any atom is -0.489 e. The third-order valence-corrected chi connectivity index (χ3v) is 3.81. The first kappa shape index (κ1) is 17.6. The molecule has 1 amide bonds. The van der Waals surface area contributed by atoms with Gasteiger partial charge in [-0.1, -0.05) is 36.4 Å². The van der Waals surface area contributed by atoms with E-state index in [4.69, 9.17) is 4.74 Å². The van der Waals surface area contributed by atoms with E-state index in [1.807, 2.05) is 12.1 Å². The summed E-state index contributed by atoms with van der Waals surface area (Å²) in [6.07, 6.45) is 0. The van der Waals surface area contributed by atoms with E-state index in [2.05, 4.69) is 5.32 Å². The number of nitrogens with one attached hydrogen (secondary N) is 1. The molecule has 0 spiro atoms. The Morgan fingerprint density at radius 3 is 2.19 bits per heavy atom. The van der Waals surface area contributed by atoms with Crippen LogP contribution in [0.1, 0.15) is 21.5 Å². The highest BCUT2D eigenvalue weighted by Crippen LogP contribution is 2.15. The lowest BCUT2D eigenvalue weighted by Crippen LogP contribution is -2.23. The average molecular weight is 353 g/mol. The van der Waals surface area contributed by atoms with E-state index in [0.717, 1.165) is 11.1 Å². The van der Waals surface area contributed by atoms with Gasteiger partial charge in [0, 0.05) is 6.54 Å². The van der Waals surface area contributed by atoms with E-state index in [1.165, 1.54) is 30.3 Å². The summed E-state index contributed by atoms with van der Waals surface area (Å²) < 4.78 is 32.1. The maximum Gasteiger partial charge on any atom is 0.254 e. The van der Waals surface area contributed by atoms with Gasteiger partial charge >= 0.3 is 0 Å². The van der Waals surface area contributed by atoms with Gasteiger partial charge in [0.15, 0.2) is 0 Å². The third-order valence-electron chi connectivity index (χ3n) is 3.81. The normalized spacial score (nSPS) is 10.4. The summed E-state index contributed by atoms with van der Waals surface area (Å²) in [6, 6.07) is 19.2. The van der Waals surface area contributed by atoms with Crippen molar-refractivity contribution in [2.75, 3.05) is 0 Å². The molecule has 0 aliphatic carbocycles. The van der Waals surface area contributed by atoms with Crippen molar-refractivity contribution in [1.82, 2.24) is 5.32 Å². The average Bonchev–Trinajstić information content (AvgIpc) is 2.67. The van der Waals surface area contributed by atoms with Crippen LogP contribution in [0.2, 0.25) is 0 Å². The van der Waals surface area contributed by atoms with Crippen molar-refractivity contribution in [2.45, 2.75) is 13.2 Å². The minimum absolute atomic E-state index is 0.0201. The van der Waals surface area contributed by atoms with Crippen LogP contribution in [-0.4, -0.2) is 5.91 Å². The molecule has 0 radical (unpaired) electrons. The molecular formula is C21H17F2NO2. The van der Waals surface area contributed by atoms with Crippen molar-refractivity contribution in [3.8, 4) is 5.75 Å². The van der Waals surface area contributed by atoms with Crippen LogP contribution in [0.15, 0.2) is 72.8 Å². The lowest BCUT2D eigenvalue weighted by atomic mass is 10.2. The molecule has 0 aromatic heterocycles. The van der Waals surface area contributed by atoms with E-state index in [0.29, 0.717) is 12.4 Å². The van der Waals surface area contributed by atoms with Crippen LogP contribution in [0, 0.1) is 11.6 Å². The largest absolute Gasteiger partial charge is 0.489 e. The first-order valence-electron chi connectivity index (χ1n) is 8.11. The minimum atomic E-state index is -0.547. The molecule has 0 atom stereocenters. The van der Waals surface area contributed by atoms with Crippen LogP contribution < -0.4 is 10.1 Å². The standard InChI is InChI=1S/C21H17F2NO2/c22-17-9-5-16(6-10-17)14-26-18-11-7-15(8-12-18)13-24-21(25)19-3-1-2-4-20(19)23/h1-12H,13-14H2,(H,24,25). The topological polar surface area (TPSA) is 38.3 Å². The maximum atomic E-state index is 13.6. The second-order valence-electron chi connectivity index (χ2n) is 5.72. The highest BCUT2D eigenvalue weighted by atomic mass is 19.1. The summed E-state index contributed by atoms with van der Waals surface area (Å²) in [5.74, 6) is -0.622. The highest BCUT2D eigenvalue weighted by Gasteiger charge is 2.10. The maximum absolute atomic E-state index is 13.6. The predicted octanol–water partition coefficient (Wildman–Crippen LogP) is 4.47. The van der Waals surface area contributed by atoms with Gasteiger partial charge in [-0.15, -0.1) is 0 Å². The Hall–Kier alpha value is -3.21. The van der Waals surface area contributed by atoms with Crippen LogP contribution in [-0.2, 0) is 13.2 Å². The summed E-state index contributed by atoms with van der Waals surface area (Å²) in [4.78, 5) is 12.0. The predicted molar refractivity (Wildman–Crippen MR) is 94.7 cm³/mol. The van der Waals surface area contributed by atoms with Crippen LogP contribution in [0.25, 0.3) is 0 Å². The zero-order valence-corrected chi connectivity index (χ0v) is 13.9. The first-order valence-corrected chi connectivity index (χ1v) is 8.11. The molecule has 132 valence electrons. The third kappa shape index (κ3) is 4.66. The molecule has 3 nitrogen and oxygen atoms in total. The number of rotatable bonds is 6. The first-order chi connectivity index (χ1) is 12.6. The van der Waals surface area contributed by atoms with Gasteiger partial charge in [-0.05, 0) is 47.5 Å². The van der Waals surface area contributed by atoms with E-state index in [1.54, 1.807) is 30.3 Å². The molecule has 0 saturated carbocycles. The number of hydrogen-bond acceptors (Lipinski definition) is 2. The van der Waals surface area contributed by atoms with Gasteiger partial charge in [-0.2, -0.15) is 0 Å². The summed E-state index contributed by atoms with van der Waals surface area (Å²) >= 11 is 0. The molecule has 26 heavy (non-hydrogen) atoms. The SMILES string of the molecule is O=C(NCc1ccc(OCc2ccc(F)cc2)cc1)c1ccccc1F. The fourth-order valence-electron chi connectivity index (χ4n) is 2.37. The van der Waals surface area contributed by atoms with E-state index >= 15 is 0 Å². The van der Waals surface area contributed by atoms with Gasteiger partial charge in [0.25, 0.3) is 5.91 Å². The van der Waals surface area contributed by atoms with Gasteiger partial charge in [0.2, 0.25) is 0 Å². The summed E-state index contributed by atoms with van der Waals surface area (Å²) in [5, 5.41) is 2.68. The fraction of sp³-hybridized carbons (Fsp3) is 0.0952. The molecule has 0 unspecified atom stereocenters. The van der Waals surface area contributed by atoms with Gasteiger partial charge in [0.05, 0.1) is 5.56 Å². The molecule has 5 heteroatoms. The number of amides is 1. The van der Waals surface area contributed by atoms with Crippen LogP contribution >= 0.6 is 0 Å². The lowest BCUT2D eigenvalue weighted by molar-refractivity contribution is 0.0947. The van der Waals surface area contributed by atoms with Gasteiger partial charge < -0.3 is 10.1 Å². The lowest BCUT2D eigenvalue weighted by Gasteiger charge is -2.09. The van der Waals surface area contributed by atoms with E-state index < -0.39 is 11.7 Å². The Bertz CT molecular complexity index is 877. The molecule has 0 heterocycles. The van der Waals surface area contributed by atoms with Crippen molar-refractivity contribution in [1.29, 1.82) is 0 Å². The molecule has 3 aromatic rings. The van der Waals surface area contributed by atoms with Gasteiger partial charge in [-0.25, -0.2) is 8.78 Å². The summed E-state index contributed by atoms with van der Waals surface area (Å²) in [5.41, 5.74) is 1.75. The Kier molecular flexibility index (Phi) is 5.59. The van der Waals surface area contributed by atoms with E-state index in [-0.39, 0.29) is 17.9 Å². The van der Waals surface area contributed by atoms with Gasteiger partial charge in [-0.3, -0.25) is 4.79 Å². The Balaban J connectivity index is 1.52. The quantitative estimate of drug-likeness (QED) is 0.710. The summed E-state index contributed by atoms with van der Waals surface area (Å²) in [6.45, 7) is 0.620. The Morgan fingerprint density at radius 1 is 0.846 bits per heavy atom. The number of benzene rings is 3. The molecule has 3 rings (SSSR count). The van der Waals surface area contributed by atoms with Crippen molar-refractivity contribution in [3.63, 3.8) is 0 Å². The zero-order valence-electron chi connectivity index (χ0n) is 13.9. The van der Waals surface area contributed by atoms with Crippen LogP contribution in [0.4, 0.5) is 8.78 Å². The van der Waals surface area contributed by atoms with Crippen LogP contribution in [0.5, 0.6) is 5.75 Å². The van der Waals surface area contributed by atoms with E-state index in [9.17, 15) is 13.6 Å². The van der Waals surface area contributed by atoms with Gasteiger partial charge in [0.1, 0.15) is 24.0 Å². The molecular weight excluding hydrogens is 336 g/mol. The molecule has 0 bridgehead atoms. The number of hydrogen-bond donors (Lipinski definition) is 1. The number of carbonyl (C=O) groups excluding carboxylic acids is 1. The number of ether oxygens (including phenoxy) is 1.